The van der Waals surface area contributed by atoms with Gasteiger partial charge in [0.2, 0.25) is 0 Å². The van der Waals surface area contributed by atoms with Crippen LogP contribution in [0.25, 0.3) is 10.9 Å². The molecule has 1 aliphatic rings. The fourth-order valence-electron chi connectivity index (χ4n) is 3.26. The van der Waals surface area contributed by atoms with Gasteiger partial charge in [0, 0.05) is 10.9 Å². The third-order valence-electron chi connectivity index (χ3n) is 5.00. The number of halogens is 1. The Morgan fingerprint density at radius 3 is 2.69 bits per heavy atom. The molecular weight excluding hydrogens is 329 g/mol. The monoisotopic (exact) mass is 347 g/mol. The molecule has 1 aromatic heterocycles. The van der Waals surface area contributed by atoms with E-state index in [9.17, 15) is 9.18 Å². The van der Waals surface area contributed by atoms with Crippen LogP contribution in [0, 0.1) is 18.2 Å². The first-order valence-corrected chi connectivity index (χ1v) is 8.52. The summed E-state index contributed by atoms with van der Waals surface area (Å²) in [4.78, 5) is 12.5. The minimum Gasteiger partial charge on any atom is -0.305 e. The third kappa shape index (κ3) is 2.74. The Kier molecular flexibility index (Phi) is 3.77. The molecule has 1 N–H and O–H groups in total. The lowest BCUT2D eigenvalue weighted by atomic mass is 9.96. The average molecular weight is 347 g/mol. The second-order valence-corrected chi connectivity index (χ2v) is 6.93. The molecule has 4 nitrogen and oxygen atoms in total. The molecule has 0 saturated heterocycles. The molecule has 1 amide bonds. The smallest absolute Gasteiger partial charge is 0.256 e. The predicted molar refractivity (Wildman–Crippen MR) is 99.5 cm³/mol. The number of fused-ring (bicyclic) bond motifs is 1. The average Bonchev–Trinajstić information content (AvgIpc) is 3.30. The van der Waals surface area contributed by atoms with Crippen LogP contribution >= 0.6 is 0 Å². The summed E-state index contributed by atoms with van der Waals surface area (Å²) in [6, 6.07) is 11.4. The van der Waals surface area contributed by atoms with Crippen molar-refractivity contribution in [1.82, 2.24) is 9.78 Å². The molecule has 1 fully saturated rings. The maximum absolute atomic E-state index is 13.1. The first-order valence-electron chi connectivity index (χ1n) is 8.52. The molecule has 26 heavy (non-hydrogen) atoms. The summed E-state index contributed by atoms with van der Waals surface area (Å²) in [7, 11) is 0. The number of carbonyl (C=O) groups is 1. The summed E-state index contributed by atoms with van der Waals surface area (Å²) in [5, 5.41) is 8.23. The van der Waals surface area contributed by atoms with Crippen molar-refractivity contribution in [2.75, 3.05) is 5.32 Å². The lowest BCUT2D eigenvalue weighted by Crippen LogP contribution is -2.12. The molecule has 0 spiro atoms. The Bertz CT molecular complexity index is 1040. The maximum atomic E-state index is 13.1. The van der Waals surface area contributed by atoms with Gasteiger partial charge in [-0.3, -0.25) is 9.48 Å². The van der Waals surface area contributed by atoms with E-state index in [0.29, 0.717) is 17.9 Å². The van der Waals surface area contributed by atoms with Crippen LogP contribution in [-0.2, 0) is 12.0 Å². The number of nitrogens with zero attached hydrogens (tertiary/aromatic N) is 2. The van der Waals surface area contributed by atoms with Gasteiger partial charge >= 0.3 is 0 Å². The summed E-state index contributed by atoms with van der Waals surface area (Å²) in [6.07, 6.45) is 7.77. The van der Waals surface area contributed by atoms with Crippen LogP contribution in [0.15, 0.2) is 42.5 Å². The molecule has 1 aliphatic carbocycles. The number of amides is 1. The summed E-state index contributed by atoms with van der Waals surface area (Å²) in [5.41, 5.74) is 2.70. The third-order valence-corrected chi connectivity index (χ3v) is 5.00. The van der Waals surface area contributed by atoms with E-state index in [0.717, 1.165) is 23.7 Å². The molecule has 130 valence electrons. The van der Waals surface area contributed by atoms with E-state index in [1.54, 1.807) is 4.68 Å². The van der Waals surface area contributed by atoms with Crippen molar-refractivity contribution in [2.24, 2.45) is 0 Å². The fourth-order valence-corrected chi connectivity index (χ4v) is 3.26. The number of para-hydroxylation sites is 1. The van der Waals surface area contributed by atoms with Gasteiger partial charge in [0.1, 0.15) is 12.4 Å². The summed E-state index contributed by atoms with van der Waals surface area (Å²) < 4.78 is 14.8. The van der Waals surface area contributed by atoms with E-state index in [2.05, 4.69) is 29.3 Å². The Morgan fingerprint density at radius 2 is 2.04 bits per heavy atom. The van der Waals surface area contributed by atoms with Gasteiger partial charge in [0.25, 0.3) is 5.91 Å². The van der Waals surface area contributed by atoms with E-state index in [1.165, 1.54) is 29.8 Å². The number of aromatic nitrogens is 2. The number of rotatable bonds is 4. The number of terminal acetylenes is 1. The van der Waals surface area contributed by atoms with Crippen molar-refractivity contribution in [2.45, 2.75) is 31.7 Å². The van der Waals surface area contributed by atoms with Crippen molar-refractivity contribution < 1.29 is 9.18 Å². The van der Waals surface area contributed by atoms with E-state index in [1.807, 2.05) is 12.1 Å². The molecule has 1 saturated carbocycles. The largest absolute Gasteiger partial charge is 0.305 e. The van der Waals surface area contributed by atoms with Gasteiger partial charge in [0.05, 0.1) is 5.52 Å². The van der Waals surface area contributed by atoms with Gasteiger partial charge in [0.15, 0.2) is 5.82 Å². The molecular formula is C21H18FN3O. The van der Waals surface area contributed by atoms with E-state index in [-0.39, 0.29) is 17.1 Å². The van der Waals surface area contributed by atoms with Crippen molar-refractivity contribution in [3.8, 4) is 12.3 Å². The van der Waals surface area contributed by atoms with E-state index < -0.39 is 0 Å². The minimum atomic E-state index is -0.382. The van der Waals surface area contributed by atoms with Gasteiger partial charge in [-0.15, -0.1) is 6.42 Å². The molecule has 1 heterocycles. The maximum Gasteiger partial charge on any atom is 0.256 e. The highest BCUT2D eigenvalue weighted by molar-refractivity contribution is 6.08. The molecule has 4 rings (SSSR count). The number of carbonyl (C=O) groups excluding carboxylic acids is 1. The molecule has 0 bridgehead atoms. The zero-order valence-electron chi connectivity index (χ0n) is 14.4. The highest BCUT2D eigenvalue weighted by Gasteiger charge is 2.41. The van der Waals surface area contributed by atoms with Gasteiger partial charge in [-0.2, -0.15) is 5.10 Å². The molecule has 3 aromatic rings. The van der Waals surface area contributed by atoms with Crippen LogP contribution in [-0.4, -0.2) is 15.7 Å². The Balaban J connectivity index is 1.77. The van der Waals surface area contributed by atoms with Crippen LogP contribution in [0.5, 0.6) is 0 Å². The Labute approximate surface area is 151 Å². The zero-order valence-corrected chi connectivity index (χ0v) is 14.4. The van der Waals surface area contributed by atoms with Gasteiger partial charge in [-0.1, -0.05) is 25.0 Å². The van der Waals surface area contributed by atoms with Crippen molar-refractivity contribution in [1.29, 1.82) is 0 Å². The number of nitrogens with one attached hydrogen (secondary N) is 1. The standard InChI is InChI=1S/C21H18FN3O/c1-3-13-25-18-16(5-4-6-17(18)21(2)11-12-21)19(24-25)23-20(26)14-7-9-15(22)10-8-14/h1,4-10H,11-13H2,2H3,(H,23,24,26). The molecule has 0 radical (unpaired) electrons. The van der Waals surface area contributed by atoms with Gasteiger partial charge < -0.3 is 5.32 Å². The first kappa shape index (κ1) is 16.3. The lowest BCUT2D eigenvalue weighted by Gasteiger charge is -2.12. The summed E-state index contributed by atoms with van der Waals surface area (Å²) in [6.45, 7) is 2.56. The van der Waals surface area contributed by atoms with Crippen molar-refractivity contribution >= 4 is 22.6 Å². The van der Waals surface area contributed by atoms with Crippen LogP contribution in [0.4, 0.5) is 10.2 Å². The van der Waals surface area contributed by atoms with Crippen LogP contribution in [0.1, 0.15) is 35.7 Å². The van der Waals surface area contributed by atoms with E-state index in [4.69, 9.17) is 6.42 Å². The van der Waals surface area contributed by atoms with Gasteiger partial charge in [-0.25, -0.2) is 4.39 Å². The summed E-state index contributed by atoms with van der Waals surface area (Å²) in [5.74, 6) is 2.38. The van der Waals surface area contributed by atoms with Crippen LogP contribution < -0.4 is 5.32 Å². The first-order chi connectivity index (χ1) is 12.5. The quantitative estimate of drug-likeness (QED) is 0.722. The molecule has 2 aromatic carbocycles. The highest BCUT2D eigenvalue weighted by atomic mass is 19.1. The Morgan fingerprint density at radius 1 is 1.31 bits per heavy atom. The molecule has 0 atom stereocenters. The Hall–Kier alpha value is -3.13. The van der Waals surface area contributed by atoms with Gasteiger partial charge in [-0.05, 0) is 54.2 Å². The van der Waals surface area contributed by atoms with E-state index >= 15 is 0 Å². The van der Waals surface area contributed by atoms with Crippen molar-refractivity contribution in [3.05, 3.63) is 59.4 Å². The predicted octanol–water partition coefficient (Wildman–Crippen LogP) is 4.11. The summed E-state index contributed by atoms with van der Waals surface area (Å²) >= 11 is 0. The number of hydrogen-bond acceptors (Lipinski definition) is 2. The molecule has 0 unspecified atom stereocenters. The number of benzene rings is 2. The lowest BCUT2D eigenvalue weighted by molar-refractivity contribution is 0.102. The highest BCUT2D eigenvalue weighted by Crippen LogP contribution is 2.50. The number of hydrogen-bond donors (Lipinski definition) is 1. The topological polar surface area (TPSA) is 46.9 Å². The van der Waals surface area contributed by atoms with Crippen molar-refractivity contribution in [3.63, 3.8) is 0 Å². The SMILES string of the molecule is C#CCn1nc(NC(=O)c2ccc(F)cc2)c2cccc(C3(C)CC3)c21. The second kappa shape index (κ2) is 5.99. The molecule has 5 heteroatoms. The minimum absolute atomic E-state index is 0.143. The fraction of sp³-hybridized carbons (Fsp3) is 0.238. The second-order valence-electron chi connectivity index (χ2n) is 6.93. The molecule has 0 aliphatic heterocycles. The zero-order chi connectivity index (χ0) is 18.3. The van der Waals surface area contributed by atoms with Crippen LogP contribution in [0.3, 0.4) is 0 Å². The van der Waals surface area contributed by atoms with Crippen LogP contribution in [0.2, 0.25) is 0 Å². The normalized spacial score (nSPS) is 14.8. The number of anilines is 1.